The lowest BCUT2D eigenvalue weighted by molar-refractivity contribution is 0.1000. The lowest BCUT2D eigenvalue weighted by Crippen LogP contribution is -2.29. The van der Waals surface area contributed by atoms with Gasteiger partial charge in [-0.1, -0.05) is 24.3 Å². The van der Waals surface area contributed by atoms with E-state index in [1.165, 1.54) is 16.9 Å². The van der Waals surface area contributed by atoms with E-state index in [1.54, 1.807) is 6.20 Å². The molecule has 0 radical (unpaired) electrons. The maximum Gasteiger partial charge on any atom is 0.197 e. The minimum absolute atomic E-state index is 0.0475. The second-order valence-electron chi connectivity index (χ2n) is 5.64. The van der Waals surface area contributed by atoms with Crippen molar-refractivity contribution in [2.75, 3.05) is 0 Å². The summed E-state index contributed by atoms with van der Waals surface area (Å²) in [6, 6.07) is 8.22. The highest BCUT2D eigenvalue weighted by Gasteiger charge is 2.27. The second kappa shape index (κ2) is 4.94. The van der Waals surface area contributed by atoms with E-state index < -0.39 is 0 Å². The van der Waals surface area contributed by atoms with E-state index in [4.69, 9.17) is 4.99 Å². The Balaban J connectivity index is 1.95. The summed E-state index contributed by atoms with van der Waals surface area (Å²) < 4.78 is 0. The lowest BCUT2D eigenvalue weighted by Gasteiger charge is -2.28. The number of rotatable bonds is 3. The van der Waals surface area contributed by atoms with Crippen molar-refractivity contribution in [3.8, 4) is 0 Å². The Kier molecular flexibility index (Phi) is 3.26. The molecule has 2 heterocycles. The van der Waals surface area contributed by atoms with Crippen LogP contribution in [0.1, 0.15) is 41.2 Å². The van der Waals surface area contributed by atoms with E-state index in [0.29, 0.717) is 11.4 Å². The van der Waals surface area contributed by atoms with E-state index in [0.717, 1.165) is 17.7 Å². The maximum absolute atomic E-state index is 12.3. The molecule has 102 valence electrons. The Morgan fingerprint density at radius 3 is 2.90 bits per heavy atom. The van der Waals surface area contributed by atoms with Gasteiger partial charge in [0.1, 0.15) is 0 Å². The monoisotopic (exact) mass is 284 g/mol. The molecule has 0 spiro atoms. The number of ketones is 1. The number of nitrogens with zero attached hydrogens (tertiary/aromatic N) is 2. The molecule has 3 nitrogen and oxygen atoms in total. The molecule has 0 saturated heterocycles. The van der Waals surface area contributed by atoms with Crippen molar-refractivity contribution in [1.82, 2.24) is 4.98 Å². The van der Waals surface area contributed by atoms with Gasteiger partial charge in [-0.15, -0.1) is 11.3 Å². The fraction of sp³-hybridized carbons (Fsp3) is 0.312. The van der Waals surface area contributed by atoms with Crippen LogP contribution in [0.4, 0.5) is 0 Å². The molecule has 2 aromatic rings. The number of aliphatic imine (C=N–C) groups is 1. The van der Waals surface area contributed by atoms with Crippen molar-refractivity contribution in [2.45, 2.75) is 32.2 Å². The molecule has 1 aliphatic rings. The molecule has 0 unspecified atom stereocenters. The number of hydrogen-bond donors (Lipinski definition) is 0. The van der Waals surface area contributed by atoms with E-state index in [-0.39, 0.29) is 11.3 Å². The third-order valence-electron chi connectivity index (χ3n) is 3.39. The number of carbonyl (C=O) groups excluding carboxylic acids is 1. The van der Waals surface area contributed by atoms with Crippen LogP contribution in [-0.4, -0.2) is 22.0 Å². The predicted octanol–water partition coefficient (Wildman–Crippen LogP) is 3.54. The summed E-state index contributed by atoms with van der Waals surface area (Å²) in [6.45, 7) is 4.22. The molecule has 1 aromatic carbocycles. The van der Waals surface area contributed by atoms with Crippen molar-refractivity contribution in [2.24, 2.45) is 4.99 Å². The summed E-state index contributed by atoms with van der Waals surface area (Å²) in [5.74, 6) is 0.0475. The molecule has 20 heavy (non-hydrogen) atoms. The van der Waals surface area contributed by atoms with E-state index >= 15 is 0 Å². The third-order valence-corrected chi connectivity index (χ3v) is 4.20. The number of hydrogen-bond acceptors (Lipinski definition) is 4. The molecule has 0 amide bonds. The molecule has 1 aliphatic heterocycles. The largest absolute Gasteiger partial charge is 0.291 e. The Morgan fingerprint density at radius 2 is 2.15 bits per heavy atom. The topological polar surface area (TPSA) is 42.3 Å². The van der Waals surface area contributed by atoms with E-state index in [9.17, 15) is 4.79 Å². The summed E-state index contributed by atoms with van der Waals surface area (Å²) in [5.41, 5.74) is 3.12. The number of thiazole rings is 1. The molecular formula is C16H16N2OS. The molecule has 3 rings (SSSR count). The first-order chi connectivity index (χ1) is 9.55. The summed E-state index contributed by atoms with van der Waals surface area (Å²) in [4.78, 5) is 21.1. The zero-order valence-corrected chi connectivity index (χ0v) is 12.4. The molecule has 0 fully saturated rings. The fourth-order valence-electron chi connectivity index (χ4n) is 2.61. The molecule has 0 aliphatic carbocycles. The van der Waals surface area contributed by atoms with Crippen LogP contribution in [-0.2, 0) is 6.42 Å². The van der Waals surface area contributed by atoms with Crippen LogP contribution in [0.5, 0.6) is 0 Å². The van der Waals surface area contributed by atoms with Gasteiger partial charge in [0.05, 0.1) is 17.7 Å². The molecule has 0 bridgehead atoms. The highest BCUT2D eigenvalue weighted by atomic mass is 32.1. The molecule has 0 atom stereocenters. The average molecular weight is 284 g/mol. The zero-order valence-electron chi connectivity index (χ0n) is 11.6. The van der Waals surface area contributed by atoms with Gasteiger partial charge in [0.2, 0.25) is 0 Å². The molecule has 0 N–H and O–H groups in total. The van der Waals surface area contributed by atoms with Crippen LogP contribution in [0, 0.1) is 0 Å². The van der Waals surface area contributed by atoms with Gasteiger partial charge < -0.3 is 0 Å². The first kappa shape index (κ1) is 13.2. The van der Waals surface area contributed by atoms with Crippen LogP contribution in [0.2, 0.25) is 0 Å². The van der Waals surface area contributed by atoms with Gasteiger partial charge in [0.15, 0.2) is 10.8 Å². The Morgan fingerprint density at radius 1 is 1.35 bits per heavy atom. The van der Waals surface area contributed by atoms with E-state index in [1.807, 2.05) is 17.5 Å². The van der Waals surface area contributed by atoms with Crippen molar-refractivity contribution < 1.29 is 4.79 Å². The van der Waals surface area contributed by atoms with Crippen LogP contribution in [0.25, 0.3) is 0 Å². The third kappa shape index (κ3) is 2.56. The lowest BCUT2D eigenvalue weighted by atomic mass is 9.86. The number of benzene rings is 1. The second-order valence-corrected chi connectivity index (χ2v) is 6.54. The van der Waals surface area contributed by atoms with Crippen LogP contribution < -0.4 is 0 Å². The maximum atomic E-state index is 12.3. The SMILES string of the molecule is CC1(C)Cc2ccccc2C(CC(=O)c2nccs2)=N1. The van der Waals surface area contributed by atoms with Gasteiger partial charge in [0.25, 0.3) is 0 Å². The van der Waals surface area contributed by atoms with Crippen LogP contribution in [0.3, 0.4) is 0 Å². The number of fused-ring (bicyclic) bond motifs is 1. The molecule has 4 heteroatoms. The average Bonchev–Trinajstić information content (AvgIpc) is 2.91. The standard InChI is InChI=1S/C16H16N2OS/c1-16(2)10-11-5-3-4-6-12(11)13(18-16)9-14(19)15-17-7-8-20-15/h3-8H,9-10H2,1-2H3. The molecular weight excluding hydrogens is 268 g/mol. The van der Waals surface area contributed by atoms with Gasteiger partial charge in [-0.3, -0.25) is 9.79 Å². The van der Waals surface area contributed by atoms with E-state index in [2.05, 4.69) is 31.0 Å². The van der Waals surface area contributed by atoms with Gasteiger partial charge >= 0.3 is 0 Å². The molecule has 0 saturated carbocycles. The highest BCUT2D eigenvalue weighted by Crippen LogP contribution is 2.28. The minimum atomic E-state index is -0.146. The Bertz CT molecular complexity index is 672. The Hall–Kier alpha value is -1.81. The van der Waals surface area contributed by atoms with Gasteiger partial charge in [-0.2, -0.15) is 0 Å². The van der Waals surface area contributed by atoms with Crippen molar-refractivity contribution >= 4 is 22.8 Å². The zero-order chi connectivity index (χ0) is 14.2. The number of Topliss-reactive ketones (excluding diaryl/α,β-unsaturated/α-hetero) is 1. The Labute approximate surface area is 122 Å². The molecule has 1 aromatic heterocycles. The first-order valence-corrected chi connectivity index (χ1v) is 7.53. The number of carbonyl (C=O) groups is 1. The summed E-state index contributed by atoms with van der Waals surface area (Å²) in [5, 5.41) is 2.39. The van der Waals surface area contributed by atoms with Crippen molar-refractivity contribution in [1.29, 1.82) is 0 Å². The van der Waals surface area contributed by atoms with Gasteiger partial charge in [0, 0.05) is 11.6 Å². The van der Waals surface area contributed by atoms with Gasteiger partial charge in [-0.25, -0.2) is 4.98 Å². The first-order valence-electron chi connectivity index (χ1n) is 6.65. The minimum Gasteiger partial charge on any atom is -0.291 e. The smallest absolute Gasteiger partial charge is 0.197 e. The summed E-state index contributed by atoms with van der Waals surface area (Å²) in [6.07, 6.45) is 2.91. The van der Waals surface area contributed by atoms with Gasteiger partial charge in [-0.05, 0) is 31.4 Å². The quantitative estimate of drug-likeness (QED) is 0.809. The van der Waals surface area contributed by atoms with Crippen molar-refractivity contribution in [3.63, 3.8) is 0 Å². The summed E-state index contributed by atoms with van der Waals surface area (Å²) >= 11 is 1.39. The normalized spacial score (nSPS) is 16.4. The summed E-state index contributed by atoms with van der Waals surface area (Å²) in [7, 11) is 0. The van der Waals surface area contributed by atoms with Crippen LogP contribution >= 0.6 is 11.3 Å². The highest BCUT2D eigenvalue weighted by molar-refractivity contribution is 7.11. The number of aromatic nitrogens is 1. The fourth-order valence-corrected chi connectivity index (χ4v) is 3.19. The predicted molar refractivity (Wildman–Crippen MR) is 81.8 cm³/mol. The van der Waals surface area contributed by atoms with Crippen molar-refractivity contribution in [3.05, 3.63) is 52.0 Å². The van der Waals surface area contributed by atoms with Crippen LogP contribution in [0.15, 0.2) is 40.8 Å².